The highest BCUT2D eigenvalue weighted by atomic mass is 16.3. The van der Waals surface area contributed by atoms with E-state index in [1.54, 1.807) is 0 Å². The number of aromatic hydroxyl groups is 2. The van der Waals surface area contributed by atoms with Crippen LogP contribution in [-0.4, -0.2) is 46.2 Å². The molecule has 0 saturated heterocycles. The molecule has 2 aromatic carbocycles. The van der Waals surface area contributed by atoms with E-state index in [4.69, 9.17) is 0 Å². The Bertz CT molecular complexity index is 1370. The molecule has 0 radical (unpaired) electrons. The average molecular weight is 651 g/mol. The molecule has 2 unspecified atom stereocenters. The molecule has 9 fully saturated rings. The van der Waals surface area contributed by atoms with E-state index in [9.17, 15) is 10.2 Å². The number of hydrogen-bond acceptors (Lipinski definition) is 4. The number of benzene rings is 2. The third kappa shape index (κ3) is 5.37. The maximum Gasteiger partial charge on any atom is 0.123 e. The Morgan fingerprint density at radius 1 is 0.542 bits per heavy atom. The summed E-state index contributed by atoms with van der Waals surface area (Å²) in [6, 6.07) is 10.1. The van der Waals surface area contributed by atoms with Crippen molar-refractivity contribution < 1.29 is 10.2 Å². The average Bonchev–Trinajstić information content (AvgIpc) is 3.02. The van der Waals surface area contributed by atoms with E-state index in [0.29, 0.717) is 23.6 Å². The number of aryl methyl sites for hydroxylation is 2. The lowest BCUT2D eigenvalue weighted by molar-refractivity contribution is -0.00648. The van der Waals surface area contributed by atoms with Gasteiger partial charge in [0, 0.05) is 47.4 Å². The molecule has 48 heavy (non-hydrogen) atoms. The lowest BCUT2D eigenvalue weighted by atomic mass is 9.48. The van der Waals surface area contributed by atoms with Crippen molar-refractivity contribution in [3.8, 4) is 11.5 Å². The molecule has 260 valence electrons. The zero-order valence-electron chi connectivity index (χ0n) is 30.4. The summed E-state index contributed by atoms with van der Waals surface area (Å²) >= 11 is 0. The standard InChI is InChI=1S/C44H62N2O2/c1-27-9-35(41(47)37(11-27)43-19-29-13-30(20-43)15-31(14-29)21-43)25-45(3)39-7-5-6-8-40(39)46(4)26-36-10-28(2)12-38(42(36)48)44-22-32-16-33(23-44)18-34(17-32)24-44/h9-12,29-34,39-40,47-48H,5-8,13-26H2,1-4H3. The molecule has 2 aromatic rings. The van der Waals surface area contributed by atoms with Crippen LogP contribution in [0.5, 0.6) is 11.5 Å². The van der Waals surface area contributed by atoms with Crippen LogP contribution in [0.15, 0.2) is 24.3 Å². The number of likely N-dealkylation sites (N-methyl/N-ethyl adjacent to an activating group) is 2. The Morgan fingerprint density at radius 3 is 1.17 bits per heavy atom. The number of phenolic OH excluding ortho intramolecular Hbond substituents is 2. The fourth-order valence-electron chi connectivity index (χ4n) is 14.5. The molecule has 9 aliphatic rings. The Labute approximate surface area is 290 Å². The molecule has 0 amide bonds. The monoisotopic (exact) mass is 650 g/mol. The number of hydrogen-bond donors (Lipinski definition) is 2. The van der Waals surface area contributed by atoms with Crippen LogP contribution < -0.4 is 0 Å². The van der Waals surface area contributed by atoms with Crippen molar-refractivity contribution >= 4 is 0 Å². The van der Waals surface area contributed by atoms with Crippen LogP contribution in [0.3, 0.4) is 0 Å². The quantitative estimate of drug-likeness (QED) is 0.299. The van der Waals surface area contributed by atoms with Gasteiger partial charge in [-0.15, -0.1) is 0 Å². The summed E-state index contributed by atoms with van der Waals surface area (Å²) in [5.74, 6) is 6.45. The number of phenols is 2. The van der Waals surface area contributed by atoms with Gasteiger partial charge in [0.15, 0.2) is 0 Å². The first-order valence-electron chi connectivity index (χ1n) is 20.1. The molecule has 0 heterocycles. The smallest absolute Gasteiger partial charge is 0.123 e. The van der Waals surface area contributed by atoms with Crippen LogP contribution in [-0.2, 0) is 23.9 Å². The van der Waals surface area contributed by atoms with E-state index in [-0.39, 0.29) is 10.8 Å². The molecule has 2 N–H and O–H groups in total. The maximum atomic E-state index is 12.0. The molecule has 9 saturated carbocycles. The van der Waals surface area contributed by atoms with Crippen LogP contribution in [0.25, 0.3) is 0 Å². The van der Waals surface area contributed by atoms with Crippen LogP contribution in [0.1, 0.15) is 136 Å². The SMILES string of the molecule is Cc1cc(CN(C)C2CCCCC2N(C)Cc2cc(C)cc(C34CC5CC(CC(C5)C3)C4)c2O)c(O)c(C23CC4CC(CC(C4)C2)C3)c1. The first-order chi connectivity index (χ1) is 23.1. The zero-order valence-corrected chi connectivity index (χ0v) is 30.4. The zero-order chi connectivity index (χ0) is 32.9. The third-order valence-corrected chi connectivity index (χ3v) is 15.6. The Morgan fingerprint density at radius 2 is 0.854 bits per heavy atom. The lowest BCUT2D eigenvalue weighted by Crippen LogP contribution is -2.50. The predicted molar refractivity (Wildman–Crippen MR) is 194 cm³/mol. The summed E-state index contributed by atoms with van der Waals surface area (Å²) in [5, 5.41) is 24.0. The maximum absolute atomic E-state index is 12.0. The highest BCUT2D eigenvalue weighted by molar-refractivity contribution is 5.50. The topological polar surface area (TPSA) is 46.9 Å². The Balaban J connectivity index is 0.947. The molecule has 4 heteroatoms. The lowest BCUT2D eigenvalue weighted by Gasteiger charge is -2.57. The minimum absolute atomic E-state index is 0.205. The van der Waals surface area contributed by atoms with E-state index < -0.39 is 0 Å². The minimum Gasteiger partial charge on any atom is -0.507 e. The van der Waals surface area contributed by atoms with E-state index in [1.165, 1.54) is 125 Å². The summed E-state index contributed by atoms with van der Waals surface area (Å²) in [6.45, 7) is 6.09. The molecule has 0 spiro atoms. The molecule has 8 bridgehead atoms. The summed E-state index contributed by atoms with van der Waals surface area (Å²) in [5.41, 5.74) is 7.86. The molecule has 4 nitrogen and oxygen atoms in total. The second kappa shape index (κ2) is 11.8. The van der Waals surface area contributed by atoms with Gasteiger partial charge < -0.3 is 10.2 Å². The molecule has 0 aliphatic heterocycles. The van der Waals surface area contributed by atoms with Crippen molar-refractivity contribution in [2.75, 3.05) is 14.1 Å². The van der Waals surface area contributed by atoms with E-state index in [0.717, 1.165) is 59.7 Å². The Hall–Kier alpha value is -2.04. The highest BCUT2D eigenvalue weighted by Crippen LogP contribution is 2.63. The molecule has 11 rings (SSSR count). The van der Waals surface area contributed by atoms with Gasteiger partial charge in [-0.3, -0.25) is 9.80 Å². The van der Waals surface area contributed by atoms with Gasteiger partial charge in [0.05, 0.1) is 0 Å². The van der Waals surface area contributed by atoms with Gasteiger partial charge >= 0.3 is 0 Å². The van der Waals surface area contributed by atoms with Gasteiger partial charge in [0.25, 0.3) is 0 Å². The highest BCUT2D eigenvalue weighted by Gasteiger charge is 2.54. The number of nitrogens with zero attached hydrogens (tertiary/aromatic N) is 2. The van der Waals surface area contributed by atoms with Gasteiger partial charge in [-0.05, 0) is 164 Å². The summed E-state index contributed by atoms with van der Waals surface area (Å²) in [4.78, 5) is 5.13. The van der Waals surface area contributed by atoms with Gasteiger partial charge in [0.2, 0.25) is 0 Å². The van der Waals surface area contributed by atoms with Gasteiger partial charge in [0.1, 0.15) is 11.5 Å². The van der Waals surface area contributed by atoms with Crippen LogP contribution in [0.4, 0.5) is 0 Å². The van der Waals surface area contributed by atoms with Crippen LogP contribution >= 0.6 is 0 Å². The van der Waals surface area contributed by atoms with Crippen molar-refractivity contribution in [2.24, 2.45) is 35.5 Å². The van der Waals surface area contributed by atoms with Crippen LogP contribution in [0, 0.1) is 49.4 Å². The van der Waals surface area contributed by atoms with E-state index in [2.05, 4.69) is 62.0 Å². The largest absolute Gasteiger partial charge is 0.507 e. The predicted octanol–water partition coefficient (Wildman–Crippen LogP) is 9.53. The second-order valence-corrected chi connectivity index (χ2v) is 19.3. The van der Waals surface area contributed by atoms with Crippen molar-refractivity contribution in [1.82, 2.24) is 9.80 Å². The fraction of sp³-hybridized carbons (Fsp3) is 0.727. The summed E-state index contributed by atoms with van der Waals surface area (Å²) in [7, 11) is 4.61. The molecular weight excluding hydrogens is 588 g/mol. The summed E-state index contributed by atoms with van der Waals surface area (Å²) < 4.78 is 0. The third-order valence-electron chi connectivity index (χ3n) is 15.6. The van der Waals surface area contributed by atoms with Crippen molar-refractivity contribution in [3.63, 3.8) is 0 Å². The fourth-order valence-corrected chi connectivity index (χ4v) is 14.5. The normalized spacial score (nSPS) is 39.6. The molecule has 2 atom stereocenters. The van der Waals surface area contributed by atoms with Crippen molar-refractivity contribution in [3.05, 3.63) is 57.6 Å². The molecule has 9 aliphatic carbocycles. The summed E-state index contributed by atoms with van der Waals surface area (Å²) in [6.07, 6.45) is 21.2. The number of rotatable bonds is 8. The van der Waals surface area contributed by atoms with Gasteiger partial charge in [-0.2, -0.15) is 0 Å². The van der Waals surface area contributed by atoms with Crippen molar-refractivity contribution in [1.29, 1.82) is 0 Å². The first kappa shape index (κ1) is 31.9. The Kier molecular flexibility index (Phi) is 7.82. The molecular formula is C44H62N2O2. The molecule has 0 aromatic heterocycles. The van der Waals surface area contributed by atoms with Gasteiger partial charge in [-0.1, -0.05) is 48.2 Å². The minimum atomic E-state index is 0.205. The van der Waals surface area contributed by atoms with Crippen molar-refractivity contribution in [2.45, 2.75) is 153 Å². The van der Waals surface area contributed by atoms with Crippen LogP contribution in [0.2, 0.25) is 0 Å². The van der Waals surface area contributed by atoms with E-state index in [1.807, 2.05) is 0 Å². The van der Waals surface area contributed by atoms with Gasteiger partial charge in [-0.25, -0.2) is 0 Å². The van der Waals surface area contributed by atoms with E-state index >= 15 is 0 Å². The first-order valence-corrected chi connectivity index (χ1v) is 20.1. The second-order valence-electron chi connectivity index (χ2n) is 19.3.